The van der Waals surface area contributed by atoms with Crippen LogP contribution in [0.5, 0.6) is 0 Å². The van der Waals surface area contributed by atoms with Crippen molar-refractivity contribution in [2.75, 3.05) is 13.1 Å². The first kappa shape index (κ1) is 16.8. The third-order valence-corrected chi connectivity index (χ3v) is 2.84. The van der Waals surface area contributed by atoms with Crippen molar-refractivity contribution in [3.63, 3.8) is 0 Å². The number of nitrogens with one attached hydrogen (secondary N) is 2. The van der Waals surface area contributed by atoms with Crippen molar-refractivity contribution in [3.8, 4) is 0 Å². The molecule has 0 aliphatic rings. The van der Waals surface area contributed by atoms with Crippen molar-refractivity contribution in [1.29, 1.82) is 0 Å². The minimum Gasteiger partial charge on any atom is -0.444 e. The summed E-state index contributed by atoms with van der Waals surface area (Å²) >= 11 is 1.39. The Morgan fingerprint density at radius 2 is 2.10 bits per heavy atom. The summed E-state index contributed by atoms with van der Waals surface area (Å²) in [5.41, 5.74) is 0.934. The molecule has 1 aromatic rings. The Kier molecular flexibility index (Phi) is 5.82. The van der Waals surface area contributed by atoms with Gasteiger partial charge in [-0.05, 0) is 20.8 Å². The topological polar surface area (TPSA) is 63.2 Å². The summed E-state index contributed by atoms with van der Waals surface area (Å²) in [4.78, 5) is 16.0. The lowest BCUT2D eigenvalue weighted by Gasteiger charge is -2.22. The van der Waals surface area contributed by atoms with Gasteiger partial charge in [-0.3, -0.25) is 4.98 Å². The van der Waals surface area contributed by atoms with Crippen LogP contribution in [0.3, 0.4) is 0 Å². The van der Waals surface area contributed by atoms with E-state index in [2.05, 4.69) is 15.6 Å². The number of alkyl carbamates (subject to hydrolysis) is 1. The zero-order valence-corrected chi connectivity index (χ0v) is 12.5. The molecule has 0 aromatic carbocycles. The maximum atomic E-state index is 13.5. The van der Waals surface area contributed by atoms with Gasteiger partial charge in [0.2, 0.25) is 0 Å². The molecule has 0 radical (unpaired) electrons. The van der Waals surface area contributed by atoms with E-state index in [1.165, 1.54) is 11.3 Å². The summed E-state index contributed by atoms with van der Waals surface area (Å²) in [5, 5.41) is 4.69. The van der Waals surface area contributed by atoms with E-state index in [-0.39, 0.29) is 0 Å². The lowest BCUT2D eigenvalue weighted by atomic mass is 10.2. The van der Waals surface area contributed by atoms with Crippen LogP contribution in [-0.2, 0) is 11.3 Å². The van der Waals surface area contributed by atoms with E-state index in [0.29, 0.717) is 6.54 Å². The molecular formula is C12H19F2N3O2S. The van der Waals surface area contributed by atoms with Gasteiger partial charge >= 0.3 is 6.09 Å². The third-order valence-electron chi connectivity index (χ3n) is 2.06. The molecule has 5 nitrogen and oxygen atoms in total. The van der Waals surface area contributed by atoms with Crippen LogP contribution >= 0.6 is 11.3 Å². The first-order valence-corrected chi connectivity index (χ1v) is 6.99. The predicted octanol–water partition coefficient (Wildman–Crippen LogP) is 2.39. The SMILES string of the molecule is CC(C)(C)OC(=O)NCC(F)(F)CNCc1cncs1. The molecule has 8 heteroatoms. The Balaban J connectivity index is 2.25. The normalized spacial score (nSPS) is 12.2. The van der Waals surface area contributed by atoms with Crippen LogP contribution < -0.4 is 10.6 Å². The summed E-state index contributed by atoms with van der Waals surface area (Å²) in [7, 11) is 0. The summed E-state index contributed by atoms with van der Waals surface area (Å²) in [6.07, 6.45) is 0.772. The number of halogens is 2. The summed E-state index contributed by atoms with van der Waals surface area (Å²) in [5.74, 6) is -3.04. The molecular weight excluding hydrogens is 288 g/mol. The lowest BCUT2D eigenvalue weighted by Crippen LogP contribution is -2.44. The van der Waals surface area contributed by atoms with Crippen LogP contribution in [0.2, 0.25) is 0 Å². The van der Waals surface area contributed by atoms with Gasteiger partial charge in [-0.1, -0.05) is 0 Å². The van der Waals surface area contributed by atoms with Crippen LogP contribution in [-0.4, -0.2) is 35.7 Å². The molecule has 0 aliphatic heterocycles. The van der Waals surface area contributed by atoms with Gasteiger partial charge in [-0.2, -0.15) is 0 Å². The summed E-state index contributed by atoms with van der Waals surface area (Å²) in [6.45, 7) is 4.04. The van der Waals surface area contributed by atoms with Crippen LogP contribution in [0.25, 0.3) is 0 Å². The Labute approximate surface area is 120 Å². The van der Waals surface area contributed by atoms with Gasteiger partial charge in [0.15, 0.2) is 0 Å². The van der Waals surface area contributed by atoms with Crippen molar-refractivity contribution in [1.82, 2.24) is 15.6 Å². The molecule has 1 aromatic heterocycles. The number of hydrogen-bond acceptors (Lipinski definition) is 5. The second-order valence-electron chi connectivity index (χ2n) is 5.28. The van der Waals surface area contributed by atoms with Crippen LogP contribution in [0.4, 0.5) is 13.6 Å². The molecule has 2 N–H and O–H groups in total. The van der Waals surface area contributed by atoms with Gasteiger partial charge in [0.25, 0.3) is 5.92 Å². The molecule has 0 spiro atoms. The number of nitrogens with zero attached hydrogens (tertiary/aromatic N) is 1. The Morgan fingerprint density at radius 3 is 2.65 bits per heavy atom. The Hall–Kier alpha value is -1.28. The van der Waals surface area contributed by atoms with E-state index < -0.39 is 30.7 Å². The lowest BCUT2D eigenvalue weighted by molar-refractivity contribution is -0.00372. The maximum absolute atomic E-state index is 13.5. The highest BCUT2D eigenvalue weighted by Crippen LogP contribution is 2.12. The molecule has 1 heterocycles. The second-order valence-corrected chi connectivity index (χ2v) is 6.25. The van der Waals surface area contributed by atoms with Gasteiger partial charge in [-0.25, -0.2) is 13.6 Å². The molecule has 0 aliphatic carbocycles. The first-order chi connectivity index (χ1) is 9.18. The Bertz CT molecular complexity index is 419. The van der Waals surface area contributed by atoms with E-state index in [0.717, 1.165) is 4.88 Å². The molecule has 1 rings (SSSR count). The minimum atomic E-state index is -3.04. The quantitative estimate of drug-likeness (QED) is 0.847. The van der Waals surface area contributed by atoms with E-state index in [1.807, 2.05) is 0 Å². The molecule has 1 amide bonds. The van der Waals surface area contributed by atoms with Gasteiger partial charge in [-0.15, -0.1) is 11.3 Å². The number of alkyl halides is 2. The van der Waals surface area contributed by atoms with Crippen molar-refractivity contribution in [3.05, 3.63) is 16.6 Å². The third kappa shape index (κ3) is 7.34. The zero-order chi connectivity index (χ0) is 15.2. The van der Waals surface area contributed by atoms with E-state index in [4.69, 9.17) is 4.74 Å². The number of carbonyl (C=O) groups is 1. The van der Waals surface area contributed by atoms with Crippen LogP contribution in [0.1, 0.15) is 25.6 Å². The molecule has 0 saturated carbocycles. The number of amides is 1. The van der Waals surface area contributed by atoms with E-state index >= 15 is 0 Å². The van der Waals surface area contributed by atoms with Crippen molar-refractivity contribution in [2.24, 2.45) is 0 Å². The fourth-order valence-corrected chi connectivity index (χ4v) is 1.84. The number of aromatic nitrogens is 1. The van der Waals surface area contributed by atoms with E-state index in [1.54, 1.807) is 32.5 Å². The summed E-state index contributed by atoms with van der Waals surface area (Å²) < 4.78 is 31.9. The largest absolute Gasteiger partial charge is 0.444 e. The Morgan fingerprint density at radius 1 is 1.40 bits per heavy atom. The number of thiazole rings is 1. The smallest absolute Gasteiger partial charge is 0.407 e. The summed E-state index contributed by atoms with van der Waals surface area (Å²) in [6, 6.07) is 0. The molecule has 0 unspecified atom stereocenters. The molecule has 0 fully saturated rings. The fraction of sp³-hybridized carbons (Fsp3) is 0.667. The van der Waals surface area contributed by atoms with Gasteiger partial charge in [0.1, 0.15) is 5.60 Å². The molecule has 0 atom stereocenters. The van der Waals surface area contributed by atoms with Crippen LogP contribution in [0, 0.1) is 0 Å². The highest BCUT2D eigenvalue weighted by atomic mass is 32.1. The van der Waals surface area contributed by atoms with Gasteiger partial charge in [0, 0.05) is 17.6 Å². The van der Waals surface area contributed by atoms with Gasteiger partial charge < -0.3 is 15.4 Å². The first-order valence-electron chi connectivity index (χ1n) is 6.11. The monoisotopic (exact) mass is 307 g/mol. The van der Waals surface area contributed by atoms with Crippen molar-refractivity contribution < 1.29 is 18.3 Å². The minimum absolute atomic E-state index is 0.326. The molecule has 0 bridgehead atoms. The van der Waals surface area contributed by atoms with Crippen molar-refractivity contribution >= 4 is 17.4 Å². The maximum Gasteiger partial charge on any atom is 0.407 e. The standard InChI is InChI=1S/C12H19F2N3O2S/c1-11(2,3)19-10(18)17-7-12(13,14)6-15-4-9-5-16-8-20-9/h5,8,15H,4,6-7H2,1-3H3,(H,17,18). The number of ether oxygens (including phenoxy) is 1. The van der Waals surface area contributed by atoms with E-state index in [9.17, 15) is 13.6 Å². The predicted molar refractivity (Wildman–Crippen MR) is 73.0 cm³/mol. The fourth-order valence-electron chi connectivity index (χ4n) is 1.28. The number of hydrogen-bond donors (Lipinski definition) is 2. The van der Waals surface area contributed by atoms with Crippen LogP contribution in [0.15, 0.2) is 11.7 Å². The highest BCUT2D eigenvalue weighted by molar-refractivity contribution is 7.09. The zero-order valence-electron chi connectivity index (χ0n) is 11.7. The van der Waals surface area contributed by atoms with Crippen molar-refractivity contribution in [2.45, 2.75) is 38.8 Å². The van der Waals surface area contributed by atoms with Gasteiger partial charge in [0.05, 0.1) is 18.6 Å². The number of carbonyl (C=O) groups excluding carboxylic acids is 1. The number of rotatable bonds is 6. The highest BCUT2D eigenvalue weighted by Gasteiger charge is 2.30. The molecule has 114 valence electrons. The second kappa shape index (κ2) is 6.94. The molecule has 0 saturated heterocycles. The average molecular weight is 307 g/mol. The average Bonchev–Trinajstić information content (AvgIpc) is 2.77. The molecule has 20 heavy (non-hydrogen) atoms.